The van der Waals surface area contributed by atoms with E-state index in [1.54, 1.807) is 6.07 Å². The molecule has 1 N–H and O–H groups in total. The molecule has 0 radical (unpaired) electrons. The highest BCUT2D eigenvalue weighted by molar-refractivity contribution is 5.96. The molecule has 0 unspecified atom stereocenters. The Kier molecular flexibility index (Phi) is 4.30. The molecule has 1 aliphatic rings. The third kappa shape index (κ3) is 3.40. The lowest BCUT2D eigenvalue weighted by Gasteiger charge is -2.27. The molecule has 1 aromatic carbocycles. The van der Waals surface area contributed by atoms with Crippen LogP contribution in [0.5, 0.6) is 0 Å². The van der Waals surface area contributed by atoms with E-state index in [4.69, 9.17) is 5.11 Å². The Balaban J connectivity index is 2.07. The zero-order valence-electron chi connectivity index (χ0n) is 10.6. The average molecular weight is 264 g/mol. The quantitative estimate of drug-likeness (QED) is 0.849. The standard InChI is InChI=1S/C15H17FO3/c16-12-6-3-5-11(8-12)14(17)9-10-4-1-2-7-13(10)15(18)19/h3,5-6,8,10,13H,1-2,4,7,9H2,(H,18,19)/t10-,13-/m1/s1. The topological polar surface area (TPSA) is 54.4 Å². The van der Waals surface area contributed by atoms with Gasteiger partial charge in [-0.2, -0.15) is 0 Å². The van der Waals surface area contributed by atoms with Gasteiger partial charge in [0.2, 0.25) is 0 Å². The third-order valence-corrected chi connectivity index (χ3v) is 3.82. The maximum atomic E-state index is 13.1. The van der Waals surface area contributed by atoms with Gasteiger partial charge in [0.25, 0.3) is 0 Å². The van der Waals surface area contributed by atoms with Gasteiger partial charge >= 0.3 is 5.97 Å². The van der Waals surface area contributed by atoms with Gasteiger partial charge in [0.15, 0.2) is 5.78 Å². The molecule has 2 atom stereocenters. The Bertz CT molecular complexity index is 484. The molecule has 3 nitrogen and oxygen atoms in total. The summed E-state index contributed by atoms with van der Waals surface area (Å²) in [6, 6.07) is 5.57. The van der Waals surface area contributed by atoms with Gasteiger partial charge in [-0.1, -0.05) is 25.0 Å². The lowest BCUT2D eigenvalue weighted by molar-refractivity contribution is -0.144. The van der Waals surface area contributed by atoms with Crippen LogP contribution in [0.3, 0.4) is 0 Å². The van der Waals surface area contributed by atoms with E-state index in [0.29, 0.717) is 12.0 Å². The van der Waals surface area contributed by atoms with Crippen molar-refractivity contribution < 1.29 is 19.1 Å². The molecule has 1 aliphatic carbocycles. The summed E-state index contributed by atoms with van der Waals surface area (Å²) in [4.78, 5) is 23.2. The second-order valence-electron chi connectivity index (χ2n) is 5.13. The number of hydrogen-bond donors (Lipinski definition) is 1. The molecule has 0 bridgehead atoms. The minimum Gasteiger partial charge on any atom is -0.481 e. The highest BCUT2D eigenvalue weighted by Gasteiger charge is 2.32. The molecule has 0 aliphatic heterocycles. The number of Topliss-reactive ketones (excluding diaryl/α,β-unsaturated/α-hetero) is 1. The minimum atomic E-state index is -0.822. The molecule has 2 rings (SSSR count). The van der Waals surface area contributed by atoms with Crippen LogP contribution in [-0.2, 0) is 4.79 Å². The van der Waals surface area contributed by atoms with Crippen molar-refractivity contribution in [2.45, 2.75) is 32.1 Å². The molecular formula is C15H17FO3. The zero-order valence-corrected chi connectivity index (χ0v) is 10.6. The van der Waals surface area contributed by atoms with Gasteiger partial charge < -0.3 is 5.11 Å². The summed E-state index contributed by atoms with van der Waals surface area (Å²) in [5, 5.41) is 9.16. The fourth-order valence-electron chi connectivity index (χ4n) is 2.80. The molecule has 1 fully saturated rings. The Morgan fingerprint density at radius 1 is 1.26 bits per heavy atom. The summed E-state index contributed by atoms with van der Waals surface area (Å²) in [5.74, 6) is -1.99. The van der Waals surface area contributed by atoms with E-state index in [9.17, 15) is 14.0 Å². The van der Waals surface area contributed by atoms with E-state index in [2.05, 4.69) is 0 Å². The normalized spacial score (nSPS) is 23.0. The first-order valence-electron chi connectivity index (χ1n) is 6.59. The van der Waals surface area contributed by atoms with Gasteiger partial charge in [0, 0.05) is 12.0 Å². The van der Waals surface area contributed by atoms with E-state index in [0.717, 1.165) is 19.3 Å². The fraction of sp³-hybridized carbons (Fsp3) is 0.467. The number of hydrogen-bond acceptors (Lipinski definition) is 2. The summed E-state index contributed by atoms with van der Waals surface area (Å²) in [6.45, 7) is 0. The van der Waals surface area contributed by atoms with Gasteiger partial charge in [0.05, 0.1) is 5.92 Å². The molecule has 19 heavy (non-hydrogen) atoms. The van der Waals surface area contributed by atoms with Gasteiger partial charge in [-0.15, -0.1) is 0 Å². The number of benzene rings is 1. The summed E-state index contributed by atoms with van der Waals surface area (Å²) in [5.41, 5.74) is 0.328. The van der Waals surface area contributed by atoms with Crippen LogP contribution in [0.15, 0.2) is 24.3 Å². The number of halogens is 1. The van der Waals surface area contributed by atoms with E-state index in [1.807, 2.05) is 0 Å². The Labute approximate surface area is 111 Å². The number of carboxylic acid groups (broad SMARTS) is 1. The van der Waals surface area contributed by atoms with E-state index >= 15 is 0 Å². The highest BCUT2D eigenvalue weighted by atomic mass is 19.1. The van der Waals surface area contributed by atoms with Crippen LogP contribution in [0.25, 0.3) is 0 Å². The second-order valence-corrected chi connectivity index (χ2v) is 5.13. The summed E-state index contributed by atoms with van der Waals surface area (Å²) >= 11 is 0. The van der Waals surface area contributed by atoms with Crippen molar-refractivity contribution >= 4 is 11.8 Å². The maximum Gasteiger partial charge on any atom is 0.306 e. The molecule has 0 amide bonds. The van der Waals surface area contributed by atoms with Gasteiger partial charge in [-0.25, -0.2) is 4.39 Å². The lowest BCUT2D eigenvalue weighted by Crippen LogP contribution is -2.28. The van der Waals surface area contributed by atoms with Crippen molar-refractivity contribution in [3.63, 3.8) is 0 Å². The molecule has 4 heteroatoms. The van der Waals surface area contributed by atoms with E-state index < -0.39 is 17.7 Å². The van der Waals surface area contributed by atoms with Crippen LogP contribution in [0.4, 0.5) is 4.39 Å². The average Bonchev–Trinajstić information content (AvgIpc) is 2.39. The SMILES string of the molecule is O=C(C[C@H]1CCCC[C@H]1C(=O)O)c1cccc(F)c1. The van der Waals surface area contributed by atoms with Gasteiger partial charge in [-0.05, 0) is 30.9 Å². The first-order chi connectivity index (χ1) is 9.08. The van der Waals surface area contributed by atoms with Gasteiger partial charge in [-0.3, -0.25) is 9.59 Å². The van der Waals surface area contributed by atoms with Crippen molar-refractivity contribution in [2.75, 3.05) is 0 Å². The highest BCUT2D eigenvalue weighted by Crippen LogP contribution is 2.33. The predicted octanol–water partition coefficient (Wildman–Crippen LogP) is 3.29. The molecule has 1 saturated carbocycles. The first-order valence-corrected chi connectivity index (χ1v) is 6.59. The number of carboxylic acids is 1. The maximum absolute atomic E-state index is 13.1. The van der Waals surface area contributed by atoms with Crippen LogP contribution >= 0.6 is 0 Å². The lowest BCUT2D eigenvalue weighted by atomic mass is 9.76. The Hall–Kier alpha value is -1.71. The second kappa shape index (κ2) is 5.95. The molecular weight excluding hydrogens is 247 g/mol. The number of ketones is 1. The van der Waals surface area contributed by atoms with Crippen LogP contribution in [0.2, 0.25) is 0 Å². The Morgan fingerprint density at radius 3 is 2.68 bits per heavy atom. The molecule has 102 valence electrons. The summed E-state index contributed by atoms with van der Waals surface area (Å²) < 4.78 is 13.1. The summed E-state index contributed by atoms with van der Waals surface area (Å²) in [7, 11) is 0. The minimum absolute atomic E-state index is 0.123. The predicted molar refractivity (Wildman–Crippen MR) is 68.4 cm³/mol. The molecule has 0 saturated heterocycles. The van der Waals surface area contributed by atoms with Crippen molar-refractivity contribution in [3.05, 3.63) is 35.6 Å². The molecule has 0 heterocycles. The van der Waals surface area contributed by atoms with Crippen LogP contribution in [0, 0.1) is 17.7 Å². The van der Waals surface area contributed by atoms with E-state index in [-0.39, 0.29) is 18.1 Å². The summed E-state index contributed by atoms with van der Waals surface area (Å²) in [6.07, 6.45) is 3.46. The smallest absolute Gasteiger partial charge is 0.306 e. The van der Waals surface area contributed by atoms with Crippen LogP contribution in [-0.4, -0.2) is 16.9 Å². The van der Waals surface area contributed by atoms with Crippen molar-refractivity contribution in [1.29, 1.82) is 0 Å². The van der Waals surface area contributed by atoms with Crippen LogP contribution in [0.1, 0.15) is 42.5 Å². The third-order valence-electron chi connectivity index (χ3n) is 3.82. The Morgan fingerprint density at radius 2 is 2.00 bits per heavy atom. The largest absolute Gasteiger partial charge is 0.481 e. The first kappa shape index (κ1) is 13.7. The molecule has 0 aromatic heterocycles. The van der Waals surface area contributed by atoms with Crippen molar-refractivity contribution in [3.8, 4) is 0 Å². The van der Waals surface area contributed by atoms with Crippen LogP contribution < -0.4 is 0 Å². The monoisotopic (exact) mass is 264 g/mol. The number of carbonyl (C=O) groups is 2. The molecule has 0 spiro atoms. The number of aliphatic carboxylic acids is 1. The van der Waals surface area contributed by atoms with Crippen molar-refractivity contribution in [2.24, 2.45) is 11.8 Å². The van der Waals surface area contributed by atoms with E-state index in [1.165, 1.54) is 18.2 Å². The van der Waals surface area contributed by atoms with Crippen molar-refractivity contribution in [1.82, 2.24) is 0 Å². The fourth-order valence-corrected chi connectivity index (χ4v) is 2.80. The zero-order chi connectivity index (χ0) is 13.8. The molecule has 1 aromatic rings. The van der Waals surface area contributed by atoms with Gasteiger partial charge in [0.1, 0.15) is 5.82 Å². The number of carbonyl (C=O) groups excluding carboxylic acids is 1. The number of rotatable bonds is 4.